The Morgan fingerprint density at radius 3 is 2.39 bits per heavy atom. The topological polar surface area (TPSA) is 142 Å². The molecular weight excluding hydrogens is 484 g/mol. The monoisotopic (exact) mass is 520 g/mol. The minimum Gasteiger partial charge on any atom is -0.445 e. The van der Waals surface area contributed by atoms with Crippen molar-refractivity contribution >= 4 is 17.9 Å². The first-order chi connectivity index (χ1) is 18.3. The number of benzene rings is 2. The number of ether oxygens (including phenoxy) is 1. The standard InChI is InChI=1S/C28H36N6O4/c1-28(2,22-11-7-4-8-12-22)19-31-25(35)17-34(14-13-29)26(36)24(15-23-16-30-20-32-23)33-27(37)38-18-21-9-5-3-6-10-21/h3-12,16,20,24H,13-15,17-19,29H2,1-2H3,(H,30,32)(H,31,35)(H,33,37)/t24-/m0/s1. The number of hydrogen-bond acceptors (Lipinski definition) is 6. The van der Waals surface area contributed by atoms with Gasteiger partial charge in [0.1, 0.15) is 12.6 Å². The summed E-state index contributed by atoms with van der Waals surface area (Å²) in [5.41, 5.74) is 8.02. The first-order valence-corrected chi connectivity index (χ1v) is 12.5. The smallest absolute Gasteiger partial charge is 0.408 e. The van der Waals surface area contributed by atoms with Gasteiger partial charge in [0, 0.05) is 43.4 Å². The van der Waals surface area contributed by atoms with Crippen LogP contribution in [-0.4, -0.2) is 65.0 Å². The number of imidazole rings is 1. The molecule has 0 spiro atoms. The van der Waals surface area contributed by atoms with E-state index >= 15 is 0 Å². The van der Waals surface area contributed by atoms with E-state index in [4.69, 9.17) is 10.5 Å². The zero-order valence-electron chi connectivity index (χ0n) is 21.9. The van der Waals surface area contributed by atoms with E-state index in [-0.39, 0.29) is 44.0 Å². The Bertz CT molecular complexity index is 1150. The number of aromatic nitrogens is 2. The lowest BCUT2D eigenvalue weighted by Gasteiger charge is -2.29. The van der Waals surface area contributed by atoms with Gasteiger partial charge in [-0.15, -0.1) is 0 Å². The number of alkyl carbamates (subject to hydrolysis) is 1. The number of aromatic amines is 1. The van der Waals surface area contributed by atoms with Crippen molar-refractivity contribution < 1.29 is 19.1 Å². The Morgan fingerprint density at radius 1 is 1.08 bits per heavy atom. The summed E-state index contributed by atoms with van der Waals surface area (Å²) in [4.78, 5) is 47.2. The van der Waals surface area contributed by atoms with E-state index in [1.807, 2.05) is 74.5 Å². The van der Waals surface area contributed by atoms with Crippen LogP contribution >= 0.6 is 0 Å². The maximum atomic E-state index is 13.5. The summed E-state index contributed by atoms with van der Waals surface area (Å²) in [5.74, 6) is -0.762. The fourth-order valence-electron chi connectivity index (χ4n) is 3.91. The van der Waals surface area contributed by atoms with Crippen LogP contribution in [0.5, 0.6) is 0 Å². The van der Waals surface area contributed by atoms with Gasteiger partial charge < -0.3 is 31.0 Å². The molecule has 202 valence electrons. The lowest BCUT2D eigenvalue weighted by atomic mass is 9.84. The van der Waals surface area contributed by atoms with E-state index in [1.54, 1.807) is 6.20 Å². The molecule has 1 heterocycles. The summed E-state index contributed by atoms with van der Waals surface area (Å²) < 4.78 is 5.32. The molecule has 3 amide bonds. The van der Waals surface area contributed by atoms with Gasteiger partial charge in [-0.1, -0.05) is 74.5 Å². The molecule has 0 aliphatic heterocycles. The number of nitrogens with two attached hydrogens (primary N) is 1. The highest BCUT2D eigenvalue weighted by atomic mass is 16.5. The molecule has 10 nitrogen and oxygen atoms in total. The lowest BCUT2D eigenvalue weighted by Crippen LogP contribution is -2.53. The summed E-state index contributed by atoms with van der Waals surface area (Å²) in [7, 11) is 0. The second-order valence-corrected chi connectivity index (χ2v) is 9.61. The number of hydrogen-bond donors (Lipinski definition) is 4. The van der Waals surface area contributed by atoms with Gasteiger partial charge in [0.15, 0.2) is 0 Å². The predicted octanol–water partition coefficient (Wildman–Crippen LogP) is 2.13. The molecule has 1 aromatic heterocycles. The van der Waals surface area contributed by atoms with Crippen LogP contribution in [0, 0.1) is 0 Å². The van der Waals surface area contributed by atoms with Crippen LogP contribution in [0.25, 0.3) is 0 Å². The number of carbonyl (C=O) groups is 3. The molecule has 1 atom stereocenters. The summed E-state index contributed by atoms with van der Waals surface area (Å²) in [6, 6.07) is 18.1. The fourth-order valence-corrected chi connectivity index (χ4v) is 3.91. The highest BCUT2D eigenvalue weighted by molar-refractivity contribution is 5.89. The van der Waals surface area contributed by atoms with Gasteiger partial charge in [0.25, 0.3) is 0 Å². The quantitative estimate of drug-likeness (QED) is 0.272. The van der Waals surface area contributed by atoms with Crippen molar-refractivity contribution in [2.24, 2.45) is 5.73 Å². The second-order valence-electron chi connectivity index (χ2n) is 9.61. The third-order valence-electron chi connectivity index (χ3n) is 6.11. The number of carbonyl (C=O) groups excluding carboxylic acids is 3. The molecule has 0 saturated heterocycles. The lowest BCUT2D eigenvalue weighted by molar-refractivity contribution is -0.137. The minimum atomic E-state index is -0.987. The Labute approximate surface area is 223 Å². The average molecular weight is 521 g/mol. The predicted molar refractivity (Wildman–Crippen MR) is 144 cm³/mol. The number of rotatable bonds is 13. The number of H-pyrrole nitrogens is 1. The third-order valence-corrected chi connectivity index (χ3v) is 6.11. The molecule has 0 saturated carbocycles. The van der Waals surface area contributed by atoms with Crippen molar-refractivity contribution in [3.05, 3.63) is 90.0 Å². The van der Waals surface area contributed by atoms with Crippen molar-refractivity contribution in [2.75, 3.05) is 26.2 Å². The highest BCUT2D eigenvalue weighted by Crippen LogP contribution is 2.21. The van der Waals surface area contributed by atoms with E-state index < -0.39 is 18.0 Å². The van der Waals surface area contributed by atoms with E-state index in [0.717, 1.165) is 11.1 Å². The Kier molecular flexibility index (Phi) is 10.4. The molecule has 3 aromatic rings. The molecule has 0 bridgehead atoms. The minimum absolute atomic E-state index is 0.0593. The van der Waals surface area contributed by atoms with Crippen molar-refractivity contribution in [3.8, 4) is 0 Å². The summed E-state index contributed by atoms with van der Waals surface area (Å²) in [5, 5.41) is 5.57. The van der Waals surface area contributed by atoms with E-state index in [9.17, 15) is 14.4 Å². The Balaban J connectivity index is 1.64. The molecule has 0 aliphatic rings. The molecule has 5 N–H and O–H groups in total. The van der Waals surface area contributed by atoms with E-state index in [2.05, 4.69) is 20.6 Å². The van der Waals surface area contributed by atoms with Crippen LogP contribution in [0.3, 0.4) is 0 Å². The molecule has 2 aromatic carbocycles. The fraction of sp³-hybridized carbons (Fsp3) is 0.357. The number of nitrogens with zero attached hydrogens (tertiary/aromatic N) is 2. The van der Waals surface area contributed by atoms with Gasteiger partial charge in [-0.2, -0.15) is 0 Å². The number of nitrogens with one attached hydrogen (secondary N) is 3. The first-order valence-electron chi connectivity index (χ1n) is 12.5. The normalized spacial score (nSPS) is 11.9. The van der Waals surface area contributed by atoms with Crippen molar-refractivity contribution in [3.63, 3.8) is 0 Å². The summed E-state index contributed by atoms with van der Waals surface area (Å²) in [6.45, 7) is 4.64. The van der Waals surface area contributed by atoms with Crippen LogP contribution in [-0.2, 0) is 32.8 Å². The van der Waals surface area contributed by atoms with Gasteiger partial charge in [0.05, 0.1) is 12.9 Å². The zero-order valence-corrected chi connectivity index (χ0v) is 21.9. The van der Waals surface area contributed by atoms with E-state index in [0.29, 0.717) is 12.2 Å². The maximum absolute atomic E-state index is 13.5. The second kappa shape index (κ2) is 13.9. The van der Waals surface area contributed by atoms with Gasteiger partial charge in [-0.05, 0) is 11.1 Å². The zero-order chi connectivity index (χ0) is 27.4. The molecular formula is C28H36N6O4. The SMILES string of the molecule is CC(C)(CNC(=O)CN(CCN)C(=O)[C@H](Cc1cnc[nH]1)NC(=O)OCc1ccccc1)c1ccccc1. The highest BCUT2D eigenvalue weighted by Gasteiger charge is 2.29. The largest absolute Gasteiger partial charge is 0.445 e. The molecule has 10 heteroatoms. The van der Waals surface area contributed by atoms with Crippen LogP contribution in [0.15, 0.2) is 73.2 Å². The molecule has 38 heavy (non-hydrogen) atoms. The van der Waals surface area contributed by atoms with Crippen LogP contribution in [0.1, 0.15) is 30.7 Å². The molecule has 0 aliphatic carbocycles. The number of amides is 3. The summed E-state index contributed by atoms with van der Waals surface area (Å²) in [6.07, 6.45) is 2.46. The van der Waals surface area contributed by atoms with Gasteiger partial charge in [-0.3, -0.25) is 9.59 Å². The third kappa shape index (κ3) is 8.74. The van der Waals surface area contributed by atoms with Crippen LogP contribution in [0.2, 0.25) is 0 Å². The van der Waals surface area contributed by atoms with Gasteiger partial charge in [-0.25, -0.2) is 9.78 Å². The first kappa shape index (κ1) is 28.4. The van der Waals surface area contributed by atoms with Gasteiger partial charge in [0.2, 0.25) is 11.8 Å². The maximum Gasteiger partial charge on any atom is 0.408 e. The van der Waals surface area contributed by atoms with E-state index in [1.165, 1.54) is 11.2 Å². The molecule has 0 fully saturated rings. The molecule has 3 rings (SSSR count). The Morgan fingerprint density at radius 2 is 1.76 bits per heavy atom. The molecule has 0 radical (unpaired) electrons. The Hall–Kier alpha value is -4.18. The van der Waals surface area contributed by atoms with Crippen molar-refractivity contribution in [1.29, 1.82) is 0 Å². The van der Waals surface area contributed by atoms with Crippen LogP contribution < -0.4 is 16.4 Å². The average Bonchev–Trinajstić information content (AvgIpc) is 3.44. The van der Waals surface area contributed by atoms with Crippen LogP contribution in [0.4, 0.5) is 4.79 Å². The van der Waals surface area contributed by atoms with Crippen molar-refractivity contribution in [2.45, 2.75) is 38.3 Å². The molecule has 0 unspecified atom stereocenters. The summed E-state index contributed by atoms with van der Waals surface area (Å²) >= 11 is 0. The van der Waals surface area contributed by atoms with Gasteiger partial charge >= 0.3 is 6.09 Å². The van der Waals surface area contributed by atoms with Crippen molar-refractivity contribution in [1.82, 2.24) is 25.5 Å².